The maximum Gasteiger partial charge on any atom is 0.251 e. The van der Waals surface area contributed by atoms with E-state index in [2.05, 4.69) is 21.9 Å². The zero-order valence-corrected chi connectivity index (χ0v) is 10.1. The molecule has 0 spiro atoms. The first-order valence-corrected chi connectivity index (χ1v) is 5.85. The number of H-pyrrole nitrogens is 1. The van der Waals surface area contributed by atoms with Crippen molar-refractivity contribution < 1.29 is 0 Å². The van der Waals surface area contributed by atoms with E-state index in [1.54, 1.807) is 18.6 Å². The molecular formula is C12H16N4O. The van der Waals surface area contributed by atoms with E-state index in [-0.39, 0.29) is 5.56 Å². The molecule has 0 amide bonds. The first kappa shape index (κ1) is 11.6. The topological polar surface area (TPSA) is 63.6 Å². The normalized spacial score (nSPS) is 10.7. The summed E-state index contributed by atoms with van der Waals surface area (Å²) in [5.41, 5.74) is 1.57. The SMILES string of the molecule is CCCc1cc(=O)[nH]c(-c2cncn2CC)n1. The summed E-state index contributed by atoms with van der Waals surface area (Å²) in [6.07, 6.45) is 5.25. The van der Waals surface area contributed by atoms with E-state index < -0.39 is 0 Å². The quantitative estimate of drug-likeness (QED) is 0.871. The lowest BCUT2D eigenvalue weighted by Crippen LogP contribution is -2.11. The van der Waals surface area contributed by atoms with Crippen LogP contribution in [-0.4, -0.2) is 19.5 Å². The first-order chi connectivity index (χ1) is 8.24. The van der Waals surface area contributed by atoms with Crippen LogP contribution < -0.4 is 5.56 Å². The fourth-order valence-corrected chi connectivity index (χ4v) is 1.78. The number of nitrogens with zero attached hydrogens (tertiary/aromatic N) is 3. The van der Waals surface area contributed by atoms with Crippen LogP contribution >= 0.6 is 0 Å². The molecule has 1 N–H and O–H groups in total. The second-order valence-electron chi connectivity index (χ2n) is 3.90. The molecule has 5 heteroatoms. The second kappa shape index (κ2) is 4.95. The van der Waals surface area contributed by atoms with Crippen molar-refractivity contribution in [2.45, 2.75) is 33.2 Å². The van der Waals surface area contributed by atoms with E-state index in [1.165, 1.54) is 0 Å². The van der Waals surface area contributed by atoms with Gasteiger partial charge in [-0.25, -0.2) is 9.97 Å². The minimum absolute atomic E-state index is 0.109. The summed E-state index contributed by atoms with van der Waals surface area (Å²) < 4.78 is 1.95. The summed E-state index contributed by atoms with van der Waals surface area (Å²) in [5.74, 6) is 0.598. The van der Waals surface area contributed by atoms with Crippen molar-refractivity contribution in [1.29, 1.82) is 0 Å². The molecule has 5 nitrogen and oxygen atoms in total. The summed E-state index contributed by atoms with van der Waals surface area (Å²) in [4.78, 5) is 22.8. The molecule has 0 fully saturated rings. The van der Waals surface area contributed by atoms with E-state index in [0.717, 1.165) is 30.8 Å². The van der Waals surface area contributed by atoms with Gasteiger partial charge in [0.15, 0.2) is 5.82 Å². The molecular weight excluding hydrogens is 216 g/mol. The van der Waals surface area contributed by atoms with Crippen LogP contribution in [0.1, 0.15) is 26.0 Å². The molecule has 0 aliphatic rings. The Labute approximate surface area is 99.6 Å². The number of nitrogens with one attached hydrogen (secondary N) is 1. The molecule has 0 saturated carbocycles. The predicted octanol–water partition coefficient (Wildman–Crippen LogP) is 1.61. The molecule has 0 atom stereocenters. The van der Waals surface area contributed by atoms with Crippen LogP contribution in [0.3, 0.4) is 0 Å². The molecule has 90 valence electrons. The molecule has 0 aliphatic heterocycles. The van der Waals surface area contributed by atoms with E-state index >= 15 is 0 Å². The maximum atomic E-state index is 11.6. The zero-order chi connectivity index (χ0) is 12.3. The standard InChI is InChI=1S/C12H16N4O/c1-3-5-9-6-11(17)15-12(14-9)10-7-13-8-16(10)4-2/h6-8H,3-5H2,1-2H3,(H,14,15,17). The number of rotatable bonds is 4. The predicted molar refractivity (Wildman–Crippen MR) is 65.7 cm³/mol. The highest BCUT2D eigenvalue weighted by atomic mass is 16.1. The van der Waals surface area contributed by atoms with Crippen molar-refractivity contribution in [3.05, 3.63) is 34.6 Å². The van der Waals surface area contributed by atoms with Crippen molar-refractivity contribution in [3.63, 3.8) is 0 Å². The third-order valence-electron chi connectivity index (χ3n) is 2.60. The van der Waals surface area contributed by atoms with Gasteiger partial charge in [0.1, 0.15) is 5.69 Å². The maximum absolute atomic E-state index is 11.6. The number of hydrogen-bond donors (Lipinski definition) is 1. The summed E-state index contributed by atoms with van der Waals surface area (Å²) >= 11 is 0. The van der Waals surface area contributed by atoms with Crippen LogP contribution in [-0.2, 0) is 13.0 Å². The van der Waals surface area contributed by atoms with Gasteiger partial charge in [-0.1, -0.05) is 13.3 Å². The number of aromatic amines is 1. The average molecular weight is 232 g/mol. The summed E-state index contributed by atoms with van der Waals surface area (Å²) in [6.45, 7) is 4.90. The molecule has 0 saturated heterocycles. The van der Waals surface area contributed by atoms with Gasteiger partial charge in [-0.3, -0.25) is 4.79 Å². The van der Waals surface area contributed by atoms with Gasteiger partial charge in [0.2, 0.25) is 0 Å². The van der Waals surface area contributed by atoms with E-state index in [9.17, 15) is 4.79 Å². The van der Waals surface area contributed by atoms with Crippen molar-refractivity contribution in [3.8, 4) is 11.5 Å². The molecule has 2 aromatic heterocycles. The third-order valence-corrected chi connectivity index (χ3v) is 2.60. The highest BCUT2D eigenvalue weighted by Gasteiger charge is 2.08. The van der Waals surface area contributed by atoms with Crippen molar-refractivity contribution in [2.24, 2.45) is 0 Å². The lowest BCUT2D eigenvalue weighted by atomic mass is 10.2. The molecule has 0 aromatic carbocycles. The van der Waals surface area contributed by atoms with Gasteiger partial charge >= 0.3 is 0 Å². The smallest absolute Gasteiger partial charge is 0.251 e. The van der Waals surface area contributed by atoms with Crippen LogP contribution in [0.25, 0.3) is 11.5 Å². The summed E-state index contributed by atoms with van der Waals surface area (Å²) in [6, 6.07) is 1.56. The minimum Gasteiger partial charge on any atom is -0.328 e. The summed E-state index contributed by atoms with van der Waals surface area (Å²) in [7, 11) is 0. The summed E-state index contributed by atoms with van der Waals surface area (Å²) in [5, 5.41) is 0. The lowest BCUT2D eigenvalue weighted by Gasteiger charge is -2.05. The molecule has 0 unspecified atom stereocenters. The average Bonchev–Trinajstić information content (AvgIpc) is 2.76. The van der Waals surface area contributed by atoms with Crippen LogP contribution in [0, 0.1) is 0 Å². The van der Waals surface area contributed by atoms with Gasteiger partial charge in [-0.15, -0.1) is 0 Å². The monoisotopic (exact) mass is 232 g/mol. The fraction of sp³-hybridized carbons (Fsp3) is 0.417. The fourth-order valence-electron chi connectivity index (χ4n) is 1.78. The van der Waals surface area contributed by atoms with Gasteiger partial charge in [-0.2, -0.15) is 0 Å². The van der Waals surface area contributed by atoms with E-state index in [0.29, 0.717) is 5.82 Å². The van der Waals surface area contributed by atoms with Gasteiger partial charge in [0.25, 0.3) is 5.56 Å². The van der Waals surface area contributed by atoms with Crippen LogP contribution in [0.2, 0.25) is 0 Å². The van der Waals surface area contributed by atoms with Crippen LogP contribution in [0.4, 0.5) is 0 Å². The zero-order valence-electron chi connectivity index (χ0n) is 10.1. The lowest BCUT2D eigenvalue weighted by molar-refractivity contribution is 0.760. The van der Waals surface area contributed by atoms with Gasteiger partial charge in [-0.05, 0) is 13.3 Å². The first-order valence-electron chi connectivity index (χ1n) is 5.85. The molecule has 0 radical (unpaired) electrons. The highest BCUT2D eigenvalue weighted by Crippen LogP contribution is 2.13. The van der Waals surface area contributed by atoms with Crippen molar-refractivity contribution in [2.75, 3.05) is 0 Å². The van der Waals surface area contributed by atoms with E-state index in [1.807, 2.05) is 11.5 Å². The largest absolute Gasteiger partial charge is 0.328 e. The Morgan fingerprint density at radius 3 is 2.94 bits per heavy atom. The highest BCUT2D eigenvalue weighted by molar-refractivity contribution is 5.48. The van der Waals surface area contributed by atoms with Gasteiger partial charge in [0.05, 0.1) is 12.5 Å². The molecule has 0 bridgehead atoms. The molecule has 2 heterocycles. The van der Waals surface area contributed by atoms with Crippen LogP contribution in [0.5, 0.6) is 0 Å². The Morgan fingerprint density at radius 1 is 1.41 bits per heavy atom. The number of hydrogen-bond acceptors (Lipinski definition) is 3. The third kappa shape index (κ3) is 2.43. The minimum atomic E-state index is -0.109. The van der Waals surface area contributed by atoms with Crippen molar-refractivity contribution in [1.82, 2.24) is 19.5 Å². The second-order valence-corrected chi connectivity index (χ2v) is 3.90. The Hall–Kier alpha value is -1.91. The Morgan fingerprint density at radius 2 is 2.24 bits per heavy atom. The van der Waals surface area contributed by atoms with E-state index in [4.69, 9.17) is 0 Å². The number of aryl methyl sites for hydroxylation is 2. The van der Waals surface area contributed by atoms with Crippen LogP contribution in [0.15, 0.2) is 23.4 Å². The molecule has 0 aliphatic carbocycles. The number of imidazole rings is 1. The molecule has 2 aromatic rings. The molecule has 2 rings (SSSR count). The van der Waals surface area contributed by atoms with Gasteiger partial charge in [0, 0.05) is 18.3 Å². The Bertz CT molecular complexity index is 556. The van der Waals surface area contributed by atoms with Crippen molar-refractivity contribution >= 4 is 0 Å². The Balaban J connectivity index is 2.48. The number of aromatic nitrogens is 4. The molecule has 17 heavy (non-hydrogen) atoms. The Kier molecular flexibility index (Phi) is 3.37. The van der Waals surface area contributed by atoms with Gasteiger partial charge < -0.3 is 9.55 Å².